The van der Waals surface area contributed by atoms with E-state index in [1.165, 1.54) is 24.4 Å². The summed E-state index contributed by atoms with van der Waals surface area (Å²) in [6.07, 6.45) is 1.32. The van der Waals surface area contributed by atoms with E-state index in [1.54, 1.807) is 0 Å². The predicted molar refractivity (Wildman–Crippen MR) is 62.4 cm³/mol. The Balaban J connectivity index is 2.21. The molecule has 0 atom stereocenters. The van der Waals surface area contributed by atoms with Crippen molar-refractivity contribution in [1.29, 1.82) is 5.26 Å². The van der Waals surface area contributed by atoms with E-state index in [0.29, 0.717) is 5.56 Å². The predicted octanol–water partition coefficient (Wildman–Crippen LogP) is 2.58. The van der Waals surface area contributed by atoms with Gasteiger partial charge in [0.25, 0.3) is 0 Å². The fourth-order valence-electron chi connectivity index (χ4n) is 1.36. The van der Waals surface area contributed by atoms with Crippen molar-refractivity contribution in [2.75, 3.05) is 0 Å². The molecule has 1 aromatic heterocycles. The first kappa shape index (κ1) is 12.5. The van der Waals surface area contributed by atoms with E-state index < -0.39 is 17.3 Å². The second-order valence-corrected chi connectivity index (χ2v) is 3.55. The van der Waals surface area contributed by atoms with Crippen LogP contribution in [0.5, 0.6) is 11.6 Å². The zero-order valence-corrected chi connectivity index (χ0v) is 9.50. The molecule has 19 heavy (non-hydrogen) atoms. The Bertz CT molecular complexity index is 663. The van der Waals surface area contributed by atoms with Crippen molar-refractivity contribution in [2.45, 2.75) is 0 Å². The summed E-state index contributed by atoms with van der Waals surface area (Å²) in [5.74, 6) is -1.93. The molecule has 0 saturated carbocycles. The van der Waals surface area contributed by atoms with Gasteiger partial charge >= 0.3 is 5.97 Å². The van der Waals surface area contributed by atoms with E-state index in [2.05, 4.69) is 4.98 Å². The van der Waals surface area contributed by atoms with Crippen LogP contribution in [0.25, 0.3) is 0 Å². The van der Waals surface area contributed by atoms with Crippen LogP contribution < -0.4 is 4.74 Å². The molecule has 2 aromatic rings. The highest BCUT2D eigenvalue weighted by Crippen LogP contribution is 2.22. The van der Waals surface area contributed by atoms with Crippen molar-refractivity contribution in [3.63, 3.8) is 0 Å². The summed E-state index contributed by atoms with van der Waals surface area (Å²) in [5.41, 5.74) is -0.0557. The van der Waals surface area contributed by atoms with Crippen LogP contribution in [-0.2, 0) is 0 Å². The number of nitriles is 1. The van der Waals surface area contributed by atoms with Crippen LogP contribution in [0.1, 0.15) is 15.9 Å². The molecule has 0 unspecified atom stereocenters. The lowest BCUT2D eigenvalue weighted by Crippen LogP contribution is -2.00. The highest BCUT2D eigenvalue weighted by molar-refractivity contribution is 5.88. The van der Waals surface area contributed by atoms with Gasteiger partial charge in [0.1, 0.15) is 17.6 Å². The quantitative estimate of drug-likeness (QED) is 0.914. The van der Waals surface area contributed by atoms with Crippen LogP contribution in [-0.4, -0.2) is 16.1 Å². The fraction of sp³-hybridized carbons (Fsp3) is 0. The number of hydrogen-bond acceptors (Lipinski definition) is 4. The van der Waals surface area contributed by atoms with Crippen LogP contribution in [0.3, 0.4) is 0 Å². The van der Waals surface area contributed by atoms with Gasteiger partial charge in [-0.1, -0.05) is 0 Å². The summed E-state index contributed by atoms with van der Waals surface area (Å²) >= 11 is 0. The number of halogens is 1. The number of carbonyl (C=O) groups is 1. The zero-order chi connectivity index (χ0) is 13.8. The van der Waals surface area contributed by atoms with Crippen molar-refractivity contribution in [2.24, 2.45) is 0 Å². The van der Waals surface area contributed by atoms with Crippen LogP contribution in [0, 0.1) is 17.1 Å². The summed E-state index contributed by atoms with van der Waals surface area (Å²) in [6.45, 7) is 0. The summed E-state index contributed by atoms with van der Waals surface area (Å²) in [6, 6.07) is 8.26. The minimum atomic E-state index is -1.35. The number of pyridine rings is 1. The number of nitrogens with zero attached hydrogens (tertiary/aromatic N) is 2. The highest BCUT2D eigenvalue weighted by atomic mass is 19.1. The lowest BCUT2D eigenvalue weighted by atomic mass is 10.2. The molecule has 0 radical (unpaired) electrons. The molecule has 0 amide bonds. The second-order valence-electron chi connectivity index (χ2n) is 3.55. The molecule has 0 fully saturated rings. The van der Waals surface area contributed by atoms with E-state index in [9.17, 15) is 9.18 Å². The first-order chi connectivity index (χ1) is 9.10. The van der Waals surface area contributed by atoms with Gasteiger partial charge in [0.2, 0.25) is 5.88 Å². The van der Waals surface area contributed by atoms with Gasteiger partial charge in [0, 0.05) is 18.3 Å². The third-order valence-corrected chi connectivity index (χ3v) is 2.26. The lowest BCUT2D eigenvalue weighted by Gasteiger charge is -2.05. The first-order valence-corrected chi connectivity index (χ1v) is 5.17. The van der Waals surface area contributed by atoms with E-state index in [0.717, 1.165) is 12.1 Å². The van der Waals surface area contributed by atoms with Gasteiger partial charge in [-0.25, -0.2) is 14.2 Å². The van der Waals surface area contributed by atoms with E-state index in [1.807, 2.05) is 6.07 Å². The van der Waals surface area contributed by atoms with Crippen LogP contribution >= 0.6 is 0 Å². The summed E-state index contributed by atoms with van der Waals surface area (Å²) < 4.78 is 18.6. The van der Waals surface area contributed by atoms with Crippen molar-refractivity contribution in [3.8, 4) is 17.7 Å². The molecule has 5 nitrogen and oxygen atoms in total. The molecular formula is C13H7FN2O3. The maximum atomic E-state index is 13.4. The third kappa shape index (κ3) is 2.84. The molecule has 2 rings (SSSR count). The minimum absolute atomic E-state index is 0.125. The van der Waals surface area contributed by atoms with E-state index in [-0.39, 0.29) is 11.6 Å². The molecule has 0 aliphatic heterocycles. The molecule has 0 aliphatic carbocycles. The number of aromatic nitrogens is 1. The molecular weight excluding hydrogens is 251 g/mol. The molecule has 6 heteroatoms. The summed E-state index contributed by atoms with van der Waals surface area (Å²) in [7, 11) is 0. The second kappa shape index (κ2) is 5.14. The molecule has 1 aromatic carbocycles. The van der Waals surface area contributed by atoms with Gasteiger partial charge in [-0.2, -0.15) is 5.26 Å². The Labute approximate surface area is 107 Å². The lowest BCUT2D eigenvalue weighted by molar-refractivity contribution is 0.0692. The number of benzene rings is 1. The molecule has 0 spiro atoms. The number of carboxylic acid groups (broad SMARTS) is 1. The monoisotopic (exact) mass is 258 g/mol. The first-order valence-electron chi connectivity index (χ1n) is 5.17. The Hall–Kier alpha value is -2.94. The number of aromatic carboxylic acids is 1. The summed E-state index contributed by atoms with van der Waals surface area (Å²) in [4.78, 5) is 14.5. The van der Waals surface area contributed by atoms with Gasteiger partial charge in [-0.05, 0) is 18.2 Å². The van der Waals surface area contributed by atoms with Gasteiger partial charge in [-0.15, -0.1) is 0 Å². The third-order valence-electron chi connectivity index (χ3n) is 2.26. The van der Waals surface area contributed by atoms with Gasteiger partial charge < -0.3 is 9.84 Å². The minimum Gasteiger partial charge on any atom is -0.478 e. The number of rotatable bonds is 3. The molecule has 94 valence electrons. The van der Waals surface area contributed by atoms with Gasteiger partial charge in [0.15, 0.2) is 0 Å². The smallest absolute Gasteiger partial charge is 0.338 e. The topological polar surface area (TPSA) is 83.2 Å². The van der Waals surface area contributed by atoms with Crippen LogP contribution in [0.15, 0.2) is 36.5 Å². The van der Waals surface area contributed by atoms with Crippen molar-refractivity contribution < 1.29 is 19.0 Å². The highest BCUT2D eigenvalue weighted by Gasteiger charge is 2.11. The standard InChI is InChI=1S/C13H7FN2O3/c14-11-5-9(2-3-10(11)13(17)18)19-12-4-1-8(6-15)7-16-12/h1-5,7H,(H,17,18). The van der Waals surface area contributed by atoms with E-state index in [4.69, 9.17) is 15.1 Å². The molecule has 0 aliphatic rings. The average molecular weight is 258 g/mol. The van der Waals surface area contributed by atoms with Crippen molar-refractivity contribution in [1.82, 2.24) is 4.98 Å². The fourth-order valence-corrected chi connectivity index (χ4v) is 1.36. The largest absolute Gasteiger partial charge is 0.478 e. The maximum absolute atomic E-state index is 13.4. The number of carboxylic acids is 1. The van der Waals surface area contributed by atoms with Gasteiger partial charge in [0.05, 0.1) is 11.1 Å². The molecule has 1 heterocycles. The zero-order valence-electron chi connectivity index (χ0n) is 9.50. The normalized spacial score (nSPS) is 9.68. The Morgan fingerprint density at radius 1 is 1.37 bits per heavy atom. The Morgan fingerprint density at radius 3 is 2.68 bits per heavy atom. The van der Waals surface area contributed by atoms with Crippen molar-refractivity contribution >= 4 is 5.97 Å². The average Bonchev–Trinajstić information content (AvgIpc) is 2.39. The SMILES string of the molecule is N#Cc1ccc(Oc2ccc(C(=O)O)c(F)c2)nc1. The van der Waals surface area contributed by atoms with Crippen molar-refractivity contribution in [3.05, 3.63) is 53.5 Å². The van der Waals surface area contributed by atoms with E-state index >= 15 is 0 Å². The number of ether oxygens (including phenoxy) is 1. The molecule has 1 N–H and O–H groups in total. The van der Waals surface area contributed by atoms with Crippen LogP contribution in [0.2, 0.25) is 0 Å². The van der Waals surface area contributed by atoms with Crippen LogP contribution in [0.4, 0.5) is 4.39 Å². The maximum Gasteiger partial charge on any atom is 0.338 e. The molecule has 0 bridgehead atoms. The number of hydrogen-bond donors (Lipinski definition) is 1. The van der Waals surface area contributed by atoms with Gasteiger partial charge in [-0.3, -0.25) is 0 Å². The Morgan fingerprint density at radius 2 is 2.16 bits per heavy atom. The summed E-state index contributed by atoms with van der Waals surface area (Å²) in [5, 5.41) is 17.3. The Kier molecular flexibility index (Phi) is 3.39. The molecule has 0 saturated heterocycles.